The van der Waals surface area contributed by atoms with Gasteiger partial charge in [-0.1, -0.05) is 45.0 Å². The molecule has 0 saturated heterocycles. The molecule has 64 heavy (non-hydrogen) atoms. The Morgan fingerprint density at radius 1 is 0.438 bits per heavy atom. The smallest absolute Gasteiger partial charge is 0.411 e. The van der Waals surface area contributed by atoms with Crippen molar-refractivity contribution in [3.05, 3.63) is 183 Å². The van der Waals surface area contributed by atoms with Gasteiger partial charge in [-0.3, -0.25) is 9.59 Å². The number of hydrogen-bond acceptors (Lipinski definition) is 5. The summed E-state index contributed by atoms with van der Waals surface area (Å²) < 4.78 is 217. The van der Waals surface area contributed by atoms with E-state index in [0.717, 1.165) is 48.5 Å². The van der Waals surface area contributed by atoms with Gasteiger partial charge in [0.25, 0.3) is 0 Å². The summed E-state index contributed by atoms with van der Waals surface area (Å²) in [6.07, 6.45) is -12.1. The van der Waals surface area contributed by atoms with Crippen molar-refractivity contribution in [3.8, 4) is 28.7 Å². The minimum atomic E-state index is -6.05. The highest BCUT2D eigenvalue weighted by Gasteiger charge is 2.72. The van der Waals surface area contributed by atoms with Gasteiger partial charge in [-0.2, -0.15) is 35.1 Å². The van der Waals surface area contributed by atoms with E-state index >= 15 is 17.6 Å². The predicted molar refractivity (Wildman–Crippen MR) is 199 cm³/mol. The zero-order valence-electron chi connectivity index (χ0n) is 32.6. The number of carbonyl (C=O) groups is 2. The van der Waals surface area contributed by atoms with Crippen molar-refractivity contribution in [2.24, 2.45) is 0 Å². The minimum Gasteiger partial charge on any atom is -0.508 e. The average molecular weight is 913 g/mol. The van der Waals surface area contributed by atoms with Gasteiger partial charge in [-0.25, -0.2) is 26.3 Å². The van der Waals surface area contributed by atoms with Gasteiger partial charge in [0.05, 0.1) is 0 Å². The van der Waals surface area contributed by atoms with Crippen LogP contribution in [0.15, 0.2) is 97.1 Å². The molecule has 5 nitrogen and oxygen atoms in total. The van der Waals surface area contributed by atoms with Crippen LogP contribution in [0.3, 0.4) is 0 Å². The fourth-order valence-corrected chi connectivity index (χ4v) is 6.75. The molecule has 0 fully saturated rings. The molecule has 0 aliphatic carbocycles. The van der Waals surface area contributed by atoms with Crippen molar-refractivity contribution in [2.75, 3.05) is 0 Å². The van der Waals surface area contributed by atoms with Gasteiger partial charge in [0.15, 0.2) is 46.5 Å². The Bertz CT molecular complexity index is 2700. The third kappa shape index (κ3) is 8.09. The maximum absolute atomic E-state index is 15.3. The Balaban J connectivity index is 1.20. The third-order valence-electron chi connectivity index (χ3n) is 9.82. The molecule has 19 heteroatoms. The van der Waals surface area contributed by atoms with Crippen LogP contribution in [0.5, 0.6) is 28.7 Å². The number of alkyl halides is 6. The lowest BCUT2D eigenvalue weighted by Crippen LogP contribution is -2.54. The maximum atomic E-state index is 15.3. The monoisotopic (exact) mass is 912 g/mol. The fraction of sp³-hybridized carbons (Fsp3) is 0.156. The zero-order valence-corrected chi connectivity index (χ0v) is 32.6. The SMILES string of the molecule is CC(C)(C)c1c(F)c(F)c(C(=O)c2ccc(Oc3ccc(C(=O)c4c(F)c(F)c(Oc5ccc(C(c6ccc(O)cc6)(C(F)(F)F)C(F)(F)F)cc5)c(F)c4F)cc3)cc2)c(F)c1F. The van der Waals surface area contributed by atoms with Crippen LogP contribution in [-0.4, -0.2) is 29.0 Å². The number of hydrogen-bond donors (Lipinski definition) is 1. The van der Waals surface area contributed by atoms with Gasteiger partial charge in [0.1, 0.15) is 34.1 Å². The summed E-state index contributed by atoms with van der Waals surface area (Å²) in [6, 6.07) is 11.4. The van der Waals surface area contributed by atoms with E-state index in [-0.39, 0.29) is 23.6 Å². The van der Waals surface area contributed by atoms with Crippen LogP contribution in [0.2, 0.25) is 0 Å². The summed E-state index contributed by atoms with van der Waals surface area (Å²) in [5.74, 6) is -23.0. The first-order chi connectivity index (χ1) is 29.7. The first-order valence-electron chi connectivity index (χ1n) is 18.1. The first-order valence-corrected chi connectivity index (χ1v) is 18.1. The van der Waals surface area contributed by atoms with Crippen molar-refractivity contribution >= 4 is 11.6 Å². The van der Waals surface area contributed by atoms with Gasteiger partial charge in [0, 0.05) is 16.7 Å². The Morgan fingerprint density at radius 3 is 1.09 bits per heavy atom. The number of rotatable bonds is 10. The van der Waals surface area contributed by atoms with Gasteiger partial charge < -0.3 is 14.6 Å². The number of aromatic hydroxyl groups is 1. The summed E-state index contributed by atoms with van der Waals surface area (Å²) in [5, 5.41) is 9.45. The van der Waals surface area contributed by atoms with Gasteiger partial charge in [0.2, 0.25) is 22.8 Å². The standard InChI is InChI=1S/C45H26F14O5/c1-42(2,3)30-35(50)31(46)28(32(47)36(30)51)39(61)20-4-14-25(15-5-20)63-26-16-6-21(7-17-26)40(62)29-33(48)37(52)41(38(53)34(29)49)64-27-18-10-23(11-19-27)43(44(54,55)56,45(57,58)59)22-8-12-24(60)13-9-22/h4-19,60H,1-3H3. The molecule has 6 aromatic rings. The van der Waals surface area contributed by atoms with E-state index in [1.54, 1.807) is 0 Å². The summed E-state index contributed by atoms with van der Waals surface area (Å²) in [6.45, 7) is 3.92. The van der Waals surface area contributed by atoms with Gasteiger partial charge in [-0.15, -0.1) is 0 Å². The molecule has 0 heterocycles. The molecule has 0 amide bonds. The van der Waals surface area contributed by atoms with Crippen LogP contribution >= 0.6 is 0 Å². The molecule has 0 unspecified atom stereocenters. The summed E-state index contributed by atoms with van der Waals surface area (Å²) in [7, 11) is 0. The van der Waals surface area contributed by atoms with Crippen molar-refractivity contribution in [2.45, 2.75) is 44.0 Å². The molecule has 0 saturated carbocycles. The van der Waals surface area contributed by atoms with Crippen LogP contribution in [0, 0.1) is 46.5 Å². The number of ketones is 2. The van der Waals surface area contributed by atoms with Crippen molar-refractivity contribution in [1.82, 2.24) is 0 Å². The number of phenolic OH excluding ortho intramolecular Hbond substituents is 1. The van der Waals surface area contributed by atoms with Crippen LogP contribution in [0.4, 0.5) is 61.5 Å². The molecule has 0 atom stereocenters. The van der Waals surface area contributed by atoms with E-state index in [4.69, 9.17) is 9.47 Å². The normalized spacial score (nSPS) is 12.3. The molecular formula is C45H26F14O5. The molecular weight excluding hydrogens is 886 g/mol. The molecule has 0 radical (unpaired) electrons. The Hall–Kier alpha value is -6.92. The van der Waals surface area contributed by atoms with Gasteiger partial charge in [-0.05, 0) is 89.3 Å². The molecule has 6 rings (SSSR count). The zero-order chi connectivity index (χ0) is 47.4. The number of ether oxygens (including phenoxy) is 2. The van der Waals surface area contributed by atoms with E-state index in [1.807, 2.05) is 0 Å². The van der Waals surface area contributed by atoms with Crippen LogP contribution < -0.4 is 9.47 Å². The van der Waals surface area contributed by atoms with Crippen LogP contribution in [-0.2, 0) is 10.8 Å². The van der Waals surface area contributed by atoms with E-state index in [9.17, 15) is 58.6 Å². The second kappa shape index (κ2) is 16.7. The molecule has 0 spiro atoms. The number of carbonyl (C=O) groups excluding carboxylic acids is 2. The van der Waals surface area contributed by atoms with Crippen molar-refractivity contribution < 1.29 is 85.6 Å². The van der Waals surface area contributed by atoms with Crippen LogP contribution in [0.25, 0.3) is 0 Å². The van der Waals surface area contributed by atoms with E-state index < -0.39 is 137 Å². The molecule has 0 aliphatic heterocycles. The molecule has 0 bridgehead atoms. The largest absolute Gasteiger partial charge is 0.508 e. The van der Waals surface area contributed by atoms with Crippen LogP contribution in [0.1, 0.15) is 69.3 Å². The highest BCUT2D eigenvalue weighted by molar-refractivity contribution is 6.10. The molecule has 1 N–H and O–H groups in total. The first kappa shape index (κ1) is 46.6. The second-order valence-electron chi connectivity index (χ2n) is 14.9. The van der Waals surface area contributed by atoms with Crippen molar-refractivity contribution in [3.63, 3.8) is 0 Å². The molecule has 334 valence electrons. The topological polar surface area (TPSA) is 72.8 Å². The highest BCUT2D eigenvalue weighted by atomic mass is 19.4. The molecule has 0 aromatic heterocycles. The summed E-state index contributed by atoms with van der Waals surface area (Å²) in [5.41, 5.74) is -14.0. The Kier molecular flexibility index (Phi) is 12.1. The average Bonchev–Trinajstić information content (AvgIpc) is 3.21. The summed E-state index contributed by atoms with van der Waals surface area (Å²) >= 11 is 0. The quantitative estimate of drug-likeness (QED) is 0.0842. The van der Waals surface area contributed by atoms with E-state index in [0.29, 0.717) is 36.4 Å². The lowest BCUT2D eigenvalue weighted by atomic mass is 9.73. The predicted octanol–water partition coefficient (Wildman–Crippen LogP) is 13.3. The van der Waals surface area contributed by atoms with E-state index in [2.05, 4.69) is 0 Å². The third-order valence-corrected chi connectivity index (χ3v) is 9.82. The Labute approximate surface area is 352 Å². The van der Waals surface area contributed by atoms with Crippen molar-refractivity contribution in [1.29, 1.82) is 0 Å². The molecule has 0 aliphatic rings. The second-order valence-corrected chi connectivity index (χ2v) is 14.9. The highest BCUT2D eigenvalue weighted by Crippen LogP contribution is 2.56. The maximum Gasteiger partial charge on any atom is 0.411 e. The number of benzene rings is 6. The minimum absolute atomic E-state index is 0.0548. The summed E-state index contributed by atoms with van der Waals surface area (Å²) in [4.78, 5) is 26.0. The lowest BCUT2D eigenvalue weighted by Gasteiger charge is -2.38. The van der Waals surface area contributed by atoms with E-state index in [1.165, 1.54) is 20.8 Å². The number of phenols is 1. The Morgan fingerprint density at radius 2 is 0.750 bits per heavy atom. The number of halogens is 14. The lowest BCUT2D eigenvalue weighted by molar-refractivity contribution is -0.288. The molecule has 6 aromatic carbocycles. The van der Waals surface area contributed by atoms with Gasteiger partial charge >= 0.3 is 12.4 Å². The fourth-order valence-electron chi connectivity index (χ4n) is 6.75.